The standard InChI is InChI=1S/C19H13O/c20-19(17-9-5-2-6-10-17)18-13-11-16(12-14-18)15-7-3-1-4-8-15/h2-14H. The quantitative estimate of drug-likeness (QED) is 0.636. The van der Waals surface area contributed by atoms with Gasteiger partial charge in [-0.1, -0.05) is 78.9 Å². The molecule has 0 fully saturated rings. The van der Waals surface area contributed by atoms with E-state index in [2.05, 4.69) is 6.07 Å². The summed E-state index contributed by atoms with van der Waals surface area (Å²) >= 11 is 0. The van der Waals surface area contributed by atoms with Gasteiger partial charge in [0.1, 0.15) is 0 Å². The summed E-state index contributed by atoms with van der Waals surface area (Å²) in [5.74, 6) is 0.0542. The number of ketones is 1. The molecule has 0 amide bonds. The van der Waals surface area contributed by atoms with E-state index in [1.807, 2.05) is 78.9 Å². The highest BCUT2D eigenvalue weighted by Gasteiger charge is 2.08. The molecule has 3 aromatic rings. The first-order valence-corrected chi connectivity index (χ1v) is 6.51. The molecular formula is C19H13O. The van der Waals surface area contributed by atoms with Crippen LogP contribution in [0.25, 0.3) is 11.1 Å². The monoisotopic (exact) mass is 257 g/mol. The van der Waals surface area contributed by atoms with E-state index in [0.29, 0.717) is 5.56 Å². The van der Waals surface area contributed by atoms with Gasteiger partial charge in [-0.05, 0) is 17.2 Å². The summed E-state index contributed by atoms with van der Waals surface area (Å²) in [7, 11) is 0. The zero-order chi connectivity index (χ0) is 13.8. The van der Waals surface area contributed by atoms with Gasteiger partial charge in [-0.25, -0.2) is 0 Å². The molecule has 1 heteroatoms. The lowest BCUT2D eigenvalue weighted by atomic mass is 9.99. The molecule has 0 unspecified atom stereocenters. The molecule has 95 valence electrons. The Kier molecular flexibility index (Phi) is 3.42. The van der Waals surface area contributed by atoms with Crippen LogP contribution in [-0.4, -0.2) is 5.78 Å². The number of carbonyl (C=O) groups is 1. The molecule has 0 bridgehead atoms. The van der Waals surface area contributed by atoms with Gasteiger partial charge in [-0.15, -0.1) is 0 Å². The first-order valence-electron chi connectivity index (χ1n) is 6.51. The molecule has 0 aliphatic heterocycles. The second-order valence-electron chi connectivity index (χ2n) is 4.56. The Labute approximate surface area is 118 Å². The van der Waals surface area contributed by atoms with E-state index in [1.165, 1.54) is 0 Å². The van der Waals surface area contributed by atoms with Crippen molar-refractivity contribution in [3.8, 4) is 11.1 Å². The minimum absolute atomic E-state index is 0.0542. The minimum atomic E-state index is 0.0542. The summed E-state index contributed by atoms with van der Waals surface area (Å²) in [6, 6.07) is 27.8. The van der Waals surface area contributed by atoms with E-state index in [-0.39, 0.29) is 5.78 Å². The van der Waals surface area contributed by atoms with Crippen molar-refractivity contribution in [1.29, 1.82) is 0 Å². The number of hydrogen-bond acceptors (Lipinski definition) is 1. The lowest BCUT2D eigenvalue weighted by Gasteiger charge is -2.04. The normalized spacial score (nSPS) is 10.2. The van der Waals surface area contributed by atoms with E-state index < -0.39 is 0 Å². The molecule has 1 nitrogen and oxygen atoms in total. The Bertz CT molecular complexity index is 698. The van der Waals surface area contributed by atoms with Gasteiger partial charge in [0.05, 0.1) is 0 Å². The fourth-order valence-corrected chi connectivity index (χ4v) is 2.15. The van der Waals surface area contributed by atoms with Crippen molar-refractivity contribution in [3.05, 3.63) is 96.1 Å². The van der Waals surface area contributed by atoms with E-state index in [0.717, 1.165) is 16.7 Å². The number of benzene rings is 3. The lowest BCUT2D eigenvalue weighted by molar-refractivity contribution is 0.103. The summed E-state index contributed by atoms with van der Waals surface area (Å²) in [5.41, 5.74) is 3.66. The molecule has 0 saturated carbocycles. The highest BCUT2D eigenvalue weighted by atomic mass is 16.1. The van der Waals surface area contributed by atoms with Crippen LogP contribution in [-0.2, 0) is 0 Å². The molecular weight excluding hydrogens is 244 g/mol. The van der Waals surface area contributed by atoms with Crippen LogP contribution in [0.3, 0.4) is 0 Å². The first kappa shape index (κ1) is 12.4. The summed E-state index contributed by atoms with van der Waals surface area (Å²) < 4.78 is 0. The van der Waals surface area contributed by atoms with Crippen LogP contribution in [0.4, 0.5) is 0 Å². The smallest absolute Gasteiger partial charge is 0.193 e. The zero-order valence-corrected chi connectivity index (χ0v) is 10.9. The van der Waals surface area contributed by atoms with Crippen LogP contribution in [0.2, 0.25) is 0 Å². The fourth-order valence-electron chi connectivity index (χ4n) is 2.15. The lowest BCUT2D eigenvalue weighted by Crippen LogP contribution is -2.00. The maximum Gasteiger partial charge on any atom is 0.193 e. The molecule has 0 aromatic heterocycles. The summed E-state index contributed by atoms with van der Waals surface area (Å²) in [4.78, 5) is 12.3. The highest BCUT2D eigenvalue weighted by molar-refractivity contribution is 6.09. The second-order valence-corrected chi connectivity index (χ2v) is 4.56. The van der Waals surface area contributed by atoms with Crippen molar-refractivity contribution in [2.75, 3.05) is 0 Å². The molecule has 0 aliphatic carbocycles. The van der Waals surface area contributed by atoms with Crippen molar-refractivity contribution < 1.29 is 4.79 Å². The molecule has 0 atom stereocenters. The van der Waals surface area contributed by atoms with Crippen LogP contribution in [0.15, 0.2) is 78.9 Å². The molecule has 3 rings (SSSR count). The Hall–Kier alpha value is -2.67. The third kappa shape index (κ3) is 2.52. The summed E-state index contributed by atoms with van der Waals surface area (Å²) in [6.07, 6.45) is 0. The molecule has 1 radical (unpaired) electrons. The zero-order valence-electron chi connectivity index (χ0n) is 10.9. The van der Waals surface area contributed by atoms with Crippen LogP contribution in [0, 0.1) is 6.07 Å². The summed E-state index contributed by atoms with van der Waals surface area (Å²) in [5, 5.41) is 0. The van der Waals surface area contributed by atoms with E-state index in [9.17, 15) is 4.79 Å². The third-order valence-corrected chi connectivity index (χ3v) is 3.23. The van der Waals surface area contributed by atoms with Crippen LogP contribution < -0.4 is 0 Å². The molecule has 3 aromatic carbocycles. The van der Waals surface area contributed by atoms with Gasteiger partial charge >= 0.3 is 0 Å². The van der Waals surface area contributed by atoms with Crippen LogP contribution >= 0.6 is 0 Å². The first-order chi connectivity index (χ1) is 9.84. The van der Waals surface area contributed by atoms with Gasteiger partial charge in [0.25, 0.3) is 0 Å². The highest BCUT2D eigenvalue weighted by Crippen LogP contribution is 2.20. The number of rotatable bonds is 3. The van der Waals surface area contributed by atoms with Crippen molar-refractivity contribution in [3.63, 3.8) is 0 Å². The third-order valence-electron chi connectivity index (χ3n) is 3.23. The molecule has 0 aliphatic rings. The van der Waals surface area contributed by atoms with E-state index in [4.69, 9.17) is 0 Å². The van der Waals surface area contributed by atoms with Gasteiger partial charge in [-0.2, -0.15) is 0 Å². The van der Waals surface area contributed by atoms with Gasteiger partial charge in [0.2, 0.25) is 0 Å². The average molecular weight is 257 g/mol. The molecule has 0 N–H and O–H groups in total. The number of carbonyl (C=O) groups excluding carboxylic acids is 1. The van der Waals surface area contributed by atoms with Gasteiger partial charge in [0.15, 0.2) is 5.78 Å². The molecule has 20 heavy (non-hydrogen) atoms. The molecule has 0 heterocycles. The van der Waals surface area contributed by atoms with Crippen molar-refractivity contribution in [2.45, 2.75) is 0 Å². The Morgan fingerprint density at radius 1 is 0.650 bits per heavy atom. The van der Waals surface area contributed by atoms with Gasteiger partial charge in [-0.3, -0.25) is 4.79 Å². The Balaban J connectivity index is 1.89. The predicted molar refractivity (Wildman–Crippen MR) is 80.6 cm³/mol. The fraction of sp³-hybridized carbons (Fsp3) is 0. The van der Waals surface area contributed by atoms with E-state index in [1.54, 1.807) is 0 Å². The van der Waals surface area contributed by atoms with Crippen molar-refractivity contribution >= 4 is 5.78 Å². The van der Waals surface area contributed by atoms with Crippen molar-refractivity contribution in [2.24, 2.45) is 0 Å². The minimum Gasteiger partial charge on any atom is -0.289 e. The van der Waals surface area contributed by atoms with Gasteiger partial charge < -0.3 is 0 Å². The van der Waals surface area contributed by atoms with Gasteiger partial charge in [0, 0.05) is 11.1 Å². The maximum atomic E-state index is 12.3. The van der Waals surface area contributed by atoms with Crippen LogP contribution in [0.1, 0.15) is 15.9 Å². The van der Waals surface area contributed by atoms with Crippen LogP contribution in [0.5, 0.6) is 0 Å². The summed E-state index contributed by atoms with van der Waals surface area (Å²) in [6.45, 7) is 0. The maximum absolute atomic E-state index is 12.3. The molecule has 0 saturated heterocycles. The topological polar surface area (TPSA) is 17.1 Å². The average Bonchev–Trinajstić information content (AvgIpc) is 2.56. The van der Waals surface area contributed by atoms with E-state index >= 15 is 0 Å². The Morgan fingerprint density at radius 3 is 1.85 bits per heavy atom. The Morgan fingerprint density at radius 2 is 1.20 bits per heavy atom. The predicted octanol–water partition coefficient (Wildman–Crippen LogP) is 4.38. The largest absolute Gasteiger partial charge is 0.289 e. The molecule has 0 spiro atoms. The van der Waals surface area contributed by atoms with Crippen molar-refractivity contribution in [1.82, 2.24) is 0 Å². The number of hydrogen-bond donors (Lipinski definition) is 0. The second kappa shape index (κ2) is 5.54. The SMILES string of the molecule is O=C(c1ccccc1)c1ccc(-c2cc[c]cc2)cc1.